The van der Waals surface area contributed by atoms with Crippen LogP contribution in [0.1, 0.15) is 64.9 Å². The molecule has 12 N–H and O–H groups in total. The van der Waals surface area contributed by atoms with Gasteiger partial charge in [0.25, 0.3) is 0 Å². The van der Waals surface area contributed by atoms with E-state index in [0.717, 1.165) is 0 Å². The maximum atomic E-state index is 13.6. The summed E-state index contributed by atoms with van der Waals surface area (Å²) in [6, 6.07) is 1.58. The Morgan fingerprint density at radius 2 is 1.44 bits per heavy atom. The Morgan fingerprint density at radius 1 is 0.840 bits per heavy atom. The van der Waals surface area contributed by atoms with Gasteiger partial charge < -0.3 is 53.3 Å². The summed E-state index contributed by atoms with van der Waals surface area (Å²) in [4.78, 5) is 80.8. The van der Waals surface area contributed by atoms with Crippen LogP contribution in [0.2, 0.25) is 0 Å². The first-order valence-corrected chi connectivity index (χ1v) is 16.5. The number of benzene rings is 1. The molecule has 4 unspecified atom stereocenters. The molecule has 0 saturated heterocycles. The highest BCUT2D eigenvalue weighted by molar-refractivity contribution is 6.00. The van der Waals surface area contributed by atoms with E-state index in [1.54, 1.807) is 19.1 Å². The molecule has 0 bridgehead atoms. The number of hydrogen-bond donors (Lipinski definition) is 9. The molecule has 17 heteroatoms. The number of hydrogen-bond acceptors (Lipinski definition) is 10. The van der Waals surface area contributed by atoms with Crippen molar-refractivity contribution in [2.24, 2.45) is 28.1 Å². The molecule has 1 aromatic heterocycles. The molecule has 17 nitrogen and oxygen atoms in total. The summed E-state index contributed by atoms with van der Waals surface area (Å²) in [6.45, 7) is 6.45. The van der Waals surface area contributed by atoms with Crippen LogP contribution >= 0.6 is 0 Å². The molecule has 0 aliphatic heterocycles. The first-order valence-electron chi connectivity index (χ1n) is 16.5. The van der Waals surface area contributed by atoms with Crippen LogP contribution < -0.4 is 49.4 Å². The molecule has 0 saturated carbocycles. The number of anilines is 1. The number of aliphatic imine (C=N–C) groups is 1. The van der Waals surface area contributed by atoms with E-state index in [1.165, 1.54) is 19.1 Å². The van der Waals surface area contributed by atoms with Crippen LogP contribution in [0, 0.1) is 12.8 Å². The zero-order chi connectivity index (χ0) is 37.4. The van der Waals surface area contributed by atoms with E-state index in [-0.39, 0.29) is 43.3 Å². The van der Waals surface area contributed by atoms with Gasteiger partial charge in [-0.3, -0.25) is 29.0 Å². The molecule has 1 aromatic carbocycles. The van der Waals surface area contributed by atoms with Gasteiger partial charge in [-0.2, -0.15) is 0 Å². The number of aliphatic hydroxyl groups is 1. The Labute approximate surface area is 290 Å². The molecule has 1 heterocycles. The Morgan fingerprint density at radius 3 is 2.06 bits per heavy atom. The van der Waals surface area contributed by atoms with Gasteiger partial charge in [-0.1, -0.05) is 13.8 Å². The average Bonchev–Trinajstić information content (AvgIpc) is 3.03. The van der Waals surface area contributed by atoms with Crippen molar-refractivity contribution in [3.05, 3.63) is 40.2 Å². The summed E-state index contributed by atoms with van der Waals surface area (Å²) in [6.07, 6.45) is 1.99. The van der Waals surface area contributed by atoms with Gasteiger partial charge in [-0.05, 0) is 75.6 Å². The normalized spacial score (nSPS) is 13.4. The fourth-order valence-electron chi connectivity index (χ4n) is 5.13. The molecule has 276 valence electrons. The van der Waals surface area contributed by atoms with E-state index < -0.39 is 65.9 Å². The SMILES string of the molecule is CC(=O)NC(CCCN=C(N)N)C(=O)NC(CO)C(=O)NC(CC(C)C)C(=O)NC(CCCCN)C(=O)Nc1ccc2c(C)cc(=O)oc2c1. The Hall–Kier alpha value is -5.03. The van der Waals surface area contributed by atoms with Crippen LogP contribution in [0.25, 0.3) is 11.0 Å². The Kier molecular flexibility index (Phi) is 16.8. The summed E-state index contributed by atoms with van der Waals surface area (Å²) in [5, 5.41) is 23.7. The number of unbranched alkanes of at least 4 members (excludes halogenated alkanes) is 1. The lowest BCUT2D eigenvalue weighted by atomic mass is 10.0. The van der Waals surface area contributed by atoms with E-state index in [4.69, 9.17) is 21.6 Å². The van der Waals surface area contributed by atoms with Crippen molar-refractivity contribution in [1.82, 2.24) is 21.3 Å². The third kappa shape index (κ3) is 13.8. The zero-order valence-corrected chi connectivity index (χ0v) is 29.0. The van der Waals surface area contributed by atoms with Gasteiger partial charge in [0.1, 0.15) is 29.8 Å². The fraction of sp³-hybridized carbons (Fsp3) is 0.545. The number of aliphatic hydroxyl groups excluding tert-OH is 1. The quantitative estimate of drug-likeness (QED) is 0.0357. The summed E-state index contributed by atoms with van der Waals surface area (Å²) < 4.78 is 5.28. The molecule has 2 rings (SSSR count). The summed E-state index contributed by atoms with van der Waals surface area (Å²) in [5.74, 6) is -3.46. The predicted molar refractivity (Wildman–Crippen MR) is 189 cm³/mol. The maximum Gasteiger partial charge on any atom is 0.336 e. The van der Waals surface area contributed by atoms with E-state index in [9.17, 15) is 33.9 Å². The lowest BCUT2D eigenvalue weighted by Gasteiger charge is -2.26. The van der Waals surface area contributed by atoms with Gasteiger partial charge in [-0.25, -0.2) is 4.79 Å². The van der Waals surface area contributed by atoms with Crippen LogP contribution in [0.3, 0.4) is 0 Å². The number of amides is 5. The summed E-state index contributed by atoms with van der Waals surface area (Å²) in [7, 11) is 0. The molecule has 2 aromatic rings. The second-order valence-corrected chi connectivity index (χ2v) is 12.4. The van der Waals surface area contributed by atoms with Gasteiger partial charge in [-0.15, -0.1) is 0 Å². The molecule has 0 spiro atoms. The van der Waals surface area contributed by atoms with Gasteiger partial charge in [0.05, 0.1) is 6.61 Å². The molecule has 0 aliphatic carbocycles. The molecule has 50 heavy (non-hydrogen) atoms. The number of rotatable bonds is 20. The second-order valence-electron chi connectivity index (χ2n) is 12.4. The first kappa shape index (κ1) is 41.1. The van der Waals surface area contributed by atoms with Gasteiger partial charge in [0.15, 0.2) is 5.96 Å². The third-order valence-electron chi connectivity index (χ3n) is 7.59. The van der Waals surface area contributed by atoms with Crippen molar-refractivity contribution in [3.63, 3.8) is 0 Å². The summed E-state index contributed by atoms with van der Waals surface area (Å²) >= 11 is 0. The van der Waals surface area contributed by atoms with Gasteiger partial charge in [0, 0.05) is 36.7 Å². The molecular weight excluding hydrogens is 650 g/mol. The maximum absolute atomic E-state index is 13.6. The van der Waals surface area contributed by atoms with Crippen molar-refractivity contribution in [1.29, 1.82) is 0 Å². The number of nitrogens with two attached hydrogens (primary N) is 3. The minimum atomic E-state index is -1.46. The van der Waals surface area contributed by atoms with Crippen LogP contribution in [-0.2, 0) is 24.0 Å². The molecule has 0 aliphatic rings. The van der Waals surface area contributed by atoms with Crippen LogP contribution in [-0.4, -0.2) is 84.5 Å². The Balaban J connectivity index is 2.20. The number of aryl methyl sites for hydroxylation is 1. The number of guanidine groups is 1. The molecule has 0 fully saturated rings. The van der Waals surface area contributed by atoms with Crippen molar-refractivity contribution in [3.8, 4) is 0 Å². The second kappa shape index (κ2) is 20.5. The minimum Gasteiger partial charge on any atom is -0.423 e. The van der Waals surface area contributed by atoms with Crippen molar-refractivity contribution in [2.45, 2.75) is 90.4 Å². The van der Waals surface area contributed by atoms with Crippen molar-refractivity contribution in [2.75, 3.05) is 25.0 Å². The topological polar surface area (TPSA) is 286 Å². The Bertz CT molecular complexity index is 1570. The van der Waals surface area contributed by atoms with E-state index in [2.05, 4.69) is 31.6 Å². The number of carbonyl (C=O) groups is 5. The molecule has 4 atom stereocenters. The smallest absolute Gasteiger partial charge is 0.336 e. The highest BCUT2D eigenvalue weighted by Gasteiger charge is 2.31. The highest BCUT2D eigenvalue weighted by Crippen LogP contribution is 2.21. The highest BCUT2D eigenvalue weighted by atomic mass is 16.4. The van der Waals surface area contributed by atoms with E-state index in [0.29, 0.717) is 42.4 Å². The predicted octanol–water partition coefficient (Wildman–Crippen LogP) is -0.780. The fourth-order valence-corrected chi connectivity index (χ4v) is 5.13. The first-order chi connectivity index (χ1) is 23.6. The van der Waals surface area contributed by atoms with Crippen LogP contribution in [0.15, 0.2) is 38.5 Å². The molecule has 5 amide bonds. The largest absolute Gasteiger partial charge is 0.423 e. The third-order valence-corrected chi connectivity index (χ3v) is 7.59. The van der Waals surface area contributed by atoms with Gasteiger partial charge in [0.2, 0.25) is 29.5 Å². The lowest BCUT2D eigenvalue weighted by Crippen LogP contribution is -2.59. The van der Waals surface area contributed by atoms with Crippen LogP contribution in [0.4, 0.5) is 5.69 Å². The molecule has 0 radical (unpaired) electrons. The van der Waals surface area contributed by atoms with Crippen molar-refractivity contribution >= 4 is 52.2 Å². The number of nitrogens with one attached hydrogen (secondary N) is 5. The number of carbonyl (C=O) groups excluding carboxylic acids is 5. The zero-order valence-electron chi connectivity index (χ0n) is 29.0. The molecular formula is C33H51N9O8. The standard InChI is InChI=1S/C33H51N9O8/c1-18(2)14-25(41-32(49)26(17-43)42-30(47)23(38-20(4)44)9-7-13-37-33(35)36)31(48)40-24(8-5-6-12-34)29(46)39-21-10-11-22-19(3)15-28(45)50-27(22)16-21/h10-11,15-16,18,23-26,43H,5-9,12-14,17,34H2,1-4H3,(H,38,44)(H,39,46)(H,40,48)(H,41,49)(H,42,47)(H4,35,36,37). The van der Waals surface area contributed by atoms with Gasteiger partial charge >= 0.3 is 5.63 Å². The van der Waals surface area contributed by atoms with E-state index >= 15 is 0 Å². The number of fused-ring (bicyclic) bond motifs is 1. The monoisotopic (exact) mass is 701 g/mol. The number of nitrogens with zero attached hydrogens (tertiary/aromatic N) is 1. The lowest BCUT2D eigenvalue weighted by molar-refractivity contribution is -0.135. The average molecular weight is 702 g/mol. The summed E-state index contributed by atoms with van der Waals surface area (Å²) in [5.41, 5.74) is 17.1. The van der Waals surface area contributed by atoms with E-state index in [1.807, 2.05) is 13.8 Å². The minimum absolute atomic E-state index is 0.0807. The van der Waals surface area contributed by atoms with Crippen LogP contribution in [0.5, 0.6) is 0 Å². The van der Waals surface area contributed by atoms with Crippen molar-refractivity contribution < 1.29 is 33.5 Å².